The van der Waals surface area contributed by atoms with Gasteiger partial charge in [-0.15, -0.1) is 0 Å². The van der Waals surface area contributed by atoms with Crippen molar-refractivity contribution in [2.45, 2.75) is 51.5 Å². The van der Waals surface area contributed by atoms with Gasteiger partial charge in [0.05, 0.1) is 5.02 Å². The first kappa shape index (κ1) is 18.2. The maximum absolute atomic E-state index is 12.4. The fourth-order valence-electron chi connectivity index (χ4n) is 2.46. The van der Waals surface area contributed by atoms with Crippen LogP contribution in [-0.2, 0) is 10.0 Å². The van der Waals surface area contributed by atoms with Gasteiger partial charge >= 0.3 is 0 Å². The smallest absolute Gasteiger partial charge is 0.242 e. The predicted molar refractivity (Wildman–Crippen MR) is 85.5 cm³/mol. The second-order valence-corrected chi connectivity index (χ2v) is 8.96. The van der Waals surface area contributed by atoms with E-state index in [2.05, 4.69) is 35.9 Å². The first-order valence-corrected chi connectivity index (χ1v) is 8.39. The first-order valence-electron chi connectivity index (χ1n) is 6.52. The van der Waals surface area contributed by atoms with Gasteiger partial charge in [-0.1, -0.05) is 32.4 Å². The number of hydrogen-bond acceptors (Lipinski definition) is 5. The number of hydrogen-bond donors (Lipinski definition) is 3. The molecule has 1 aromatic heterocycles. The quantitative estimate of drug-likeness (QED) is 0.568. The summed E-state index contributed by atoms with van der Waals surface area (Å²) in [6, 6.07) is 1.32. The largest absolute Gasteiger partial charge is 0.307 e. The average molecular weight is 335 g/mol. The summed E-state index contributed by atoms with van der Waals surface area (Å²) in [6.07, 6.45) is 1.90. The van der Waals surface area contributed by atoms with Crippen LogP contribution in [0.4, 0.5) is 5.82 Å². The Morgan fingerprint density at radius 3 is 2.29 bits per heavy atom. The van der Waals surface area contributed by atoms with Gasteiger partial charge in [0.15, 0.2) is 5.82 Å². The van der Waals surface area contributed by atoms with Crippen molar-refractivity contribution in [2.24, 2.45) is 11.3 Å². The summed E-state index contributed by atoms with van der Waals surface area (Å²) in [6.45, 7) is 9.87. The van der Waals surface area contributed by atoms with E-state index < -0.39 is 15.6 Å². The molecule has 0 aromatic carbocycles. The molecule has 0 bridgehead atoms. The molecule has 0 aliphatic carbocycles. The maximum atomic E-state index is 12.4. The lowest BCUT2D eigenvalue weighted by Gasteiger charge is -2.32. The van der Waals surface area contributed by atoms with Crippen LogP contribution in [0.2, 0.25) is 5.02 Å². The van der Waals surface area contributed by atoms with Gasteiger partial charge in [-0.2, -0.15) is 0 Å². The number of nitrogens with two attached hydrogens (primary N) is 1. The zero-order valence-corrected chi connectivity index (χ0v) is 14.6. The molecule has 0 radical (unpaired) electrons. The Hall–Kier alpha value is -0.890. The zero-order chi connectivity index (χ0) is 16.5. The summed E-state index contributed by atoms with van der Waals surface area (Å²) in [5.41, 5.74) is 1.70. The van der Waals surface area contributed by atoms with Gasteiger partial charge in [-0.3, -0.25) is 0 Å². The Kier molecular flexibility index (Phi) is 5.26. The molecule has 6 nitrogen and oxygen atoms in total. The lowest BCUT2D eigenvalue weighted by molar-refractivity contribution is 0.269. The highest BCUT2D eigenvalue weighted by atomic mass is 35.5. The van der Waals surface area contributed by atoms with E-state index in [4.69, 9.17) is 17.4 Å². The standard InChI is InChI=1S/C13H23ClN4O2S/c1-12(2,3)8-13(4,5)18-21(19,20)9-6-10(14)11(17-15)16-7-9/h6-7,18H,8,15H2,1-5H3,(H,16,17). The normalized spacial score (nSPS) is 13.3. The van der Waals surface area contributed by atoms with Crippen molar-refractivity contribution in [3.8, 4) is 0 Å². The second-order valence-electron chi connectivity index (χ2n) is 6.87. The van der Waals surface area contributed by atoms with Gasteiger partial charge < -0.3 is 5.43 Å². The van der Waals surface area contributed by atoms with E-state index in [1.54, 1.807) is 0 Å². The fourth-order valence-corrected chi connectivity index (χ4v) is 4.13. The molecule has 0 saturated carbocycles. The molecule has 0 aliphatic rings. The van der Waals surface area contributed by atoms with E-state index in [1.807, 2.05) is 13.8 Å². The number of nitrogens with one attached hydrogen (secondary N) is 2. The van der Waals surface area contributed by atoms with Crippen LogP contribution in [-0.4, -0.2) is 18.9 Å². The third-order valence-corrected chi connectivity index (χ3v) is 4.60. The van der Waals surface area contributed by atoms with Crippen molar-refractivity contribution in [3.05, 3.63) is 17.3 Å². The van der Waals surface area contributed by atoms with Gasteiger partial charge in [0, 0.05) is 11.7 Å². The van der Waals surface area contributed by atoms with Crippen molar-refractivity contribution in [2.75, 3.05) is 5.43 Å². The molecule has 1 heterocycles. The van der Waals surface area contributed by atoms with E-state index >= 15 is 0 Å². The second kappa shape index (κ2) is 6.08. The SMILES string of the molecule is CC(C)(C)CC(C)(C)NS(=O)(=O)c1cnc(NN)c(Cl)c1. The predicted octanol–water partition coefficient (Wildman–Crippen LogP) is 2.51. The molecule has 1 aromatic rings. The molecule has 0 atom stereocenters. The van der Waals surface area contributed by atoms with Gasteiger partial charge in [0.2, 0.25) is 10.0 Å². The van der Waals surface area contributed by atoms with E-state index in [1.165, 1.54) is 12.3 Å². The Labute approximate surface area is 131 Å². The monoisotopic (exact) mass is 334 g/mol. The fraction of sp³-hybridized carbons (Fsp3) is 0.615. The van der Waals surface area contributed by atoms with Crippen molar-refractivity contribution in [1.82, 2.24) is 9.71 Å². The molecule has 1 rings (SSSR count). The minimum Gasteiger partial charge on any atom is -0.307 e. The van der Waals surface area contributed by atoms with E-state index in [0.717, 1.165) is 0 Å². The van der Waals surface area contributed by atoms with Gasteiger partial charge in [-0.25, -0.2) is 24.0 Å². The van der Waals surface area contributed by atoms with Gasteiger partial charge in [0.25, 0.3) is 0 Å². The molecule has 21 heavy (non-hydrogen) atoms. The van der Waals surface area contributed by atoms with E-state index in [9.17, 15) is 8.42 Å². The number of pyridine rings is 1. The molecule has 0 unspecified atom stereocenters. The van der Waals surface area contributed by atoms with Crippen LogP contribution in [0.15, 0.2) is 17.2 Å². The van der Waals surface area contributed by atoms with Crippen LogP contribution in [0.5, 0.6) is 0 Å². The summed E-state index contributed by atoms with van der Waals surface area (Å²) in [4.78, 5) is 3.89. The molecule has 0 saturated heterocycles. The van der Waals surface area contributed by atoms with Crippen molar-refractivity contribution in [3.63, 3.8) is 0 Å². The number of aromatic nitrogens is 1. The molecular weight excluding hydrogens is 312 g/mol. The number of sulfonamides is 1. The van der Waals surface area contributed by atoms with Crippen molar-refractivity contribution >= 4 is 27.4 Å². The first-order chi connectivity index (χ1) is 9.36. The number of anilines is 1. The molecule has 0 fully saturated rings. The van der Waals surface area contributed by atoms with E-state index in [-0.39, 0.29) is 21.2 Å². The van der Waals surface area contributed by atoms with Crippen molar-refractivity contribution < 1.29 is 8.42 Å². The summed E-state index contributed by atoms with van der Waals surface area (Å²) in [5.74, 6) is 5.45. The zero-order valence-electron chi connectivity index (χ0n) is 13.0. The Bertz CT molecular complexity index is 609. The number of halogens is 1. The lowest BCUT2D eigenvalue weighted by atomic mass is 9.82. The summed E-state index contributed by atoms with van der Waals surface area (Å²) in [7, 11) is -3.70. The van der Waals surface area contributed by atoms with Crippen LogP contribution in [0.1, 0.15) is 41.0 Å². The van der Waals surface area contributed by atoms with Crippen LogP contribution >= 0.6 is 11.6 Å². The molecule has 0 spiro atoms. The van der Waals surface area contributed by atoms with Crippen LogP contribution < -0.4 is 16.0 Å². The maximum Gasteiger partial charge on any atom is 0.242 e. The number of nitrogen functional groups attached to an aromatic ring is 1. The van der Waals surface area contributed by atoms with Gasteiger partial charge in [-0.05, 0) is 31.7 Å². The van der Waals surface area contributed by atoms with E-state index in [0.29, 0.717) is 6.42 Å². The summed E-state index contributed by atoms with van der Waals surface area (Å²) >= 11 is 5.92. The lowest BCUT2D eigenvalue weighted by Crippen LogP contribution is -2.45. The highest BCUT2D eigenvalue weighted by Crippen LogP contribution is 2.29. The number of hydrazine groups is 1. The third kappa shape index (κ3) is 5.43. The summed E-state index contributed by atoms with van der Waals surface area (Å²) in [5, 5.41) is 0.147. The Morgan fingerprint density at radius 2 is 1.86 bits per heavy atom. The third-order valence-electron chi connectivity index (χ3n) is 2.65. The number of nitrogens with zero attached hydrogens (tertiary/aromatic N) is 1. The van der Waals surface area contributed by atoms with Crippen LogP contribution in [0.25, 0.3) is 0 Å². The molecule has 0 aliphatic heterocycles. The molecule has 8 heteroatoms. The average Bonchev–Trinajstić information content (AvgIpc) is 2.23. The van der Waals surface area contributed by atoms with Crippen LogP contribution in [0.3, 0.4) is 0 Å². The molecule has 0 amide bonds. The summed E-state index contributed by atoms with van der Waals surface area (Å²) < 4.78 is 27.5. The van der Waals surface area contributed by atoms with Crippen LogP contribution in [0, 0.1) is 5.41 Å². The Morgan fingerprint density at radius 1 is 1.29 bits per heavy atom. The topological polar surface area (TPSA) is 97.1 Å². The Balaban J connectivity index is 3.04. The highest BCUT2D eigenvalue weighted by Gasteiger charge is 2.31. The minimum absolute atomic E-state index is 0.00472. The molecule has 4 N–H and O–H groups in total. The highest BCUT2D eigenvalue weighted by molar-refractivity contribution is 7.89. The molecule has 120 valence electrons. The minimum atomic E-state index is -3.70. The van der Waals surface area contributed by atoms with Gasteiger partial charge in [0.1, 0.15) is 4.90 Å². The molecular formula is C13H23ClN4O2S. The van der Waals surface area contributed by atoms with Crippen molar-refractivity contribution in [1.29, 1.82) is 0 Å². The number of rotatable bonds is 5.